The predicted octanol–water partition coefficient (Wildman–Crippen LogP) is 3.29. The van der Waals surface area contributed by atoms with Gasteiger partial charge in [0.2, 0.25) is 0 Å². The molecule has 0 aliphatic heterocycles. The minimum atomic E-state index is -0.553. The topological polar surface area (TPSA) is 33.0 Å². The minimum absolute atomic E-state index is 0.0513. The Kier molecular flexibility index (Phi) is 2.84. The van der Waals surface area contributed by atoms with E-state index in [9.17, 15) is 4.39 Å². The van der Waals surface area contributed by atoms with E-state index in [1.54, 1.807) is 24.3 Å². The van der Waals surface area contributed by atoms with Gasteiger partial charge in [-0.15, -0.1) is 0 Å². The summed E-state index contributed by atoms with van der Waals surface area (Å²) in [6, 6.07) is 15.6. The van der Waals surface area contributed by atoms with E-state index >= 15 is 0 Å². The van der Waals surface area contributed by atoms with E-state index in [0.29, 0.717) is 5.75 Å². The number of hydrogen-bond donors (Lipinski definition) is 0. The summed E-state index contributed by atoms with van der Waals surface area (Å²) in [7, 11) is 0. The highest BCUT2D eigenvalue weighted by Crippen LogP contribution is 2.27. The zero-order chi connectivity index (χ0) is 11.4. The van der Waals surface area contributed by atoms with Crippen molar-refractivity contribution < 1.29 is 9.13 Å². The molecule has 16 heavy (non-hydrogen) atoms. The largest absolute Gasteiger partial charge is 0.453 e. The number of nitrogens with zero attached hydrogens (tertiary/aromatic N) is 1. The Balaban J connectivity index is 2.39. The van der Waals surface area contributed by atoms with Gasteiger partial charge in [-0.2, -0.15) is 5.26 Å². The molecule has 0 saturated heterocycles. The summed E-state index contributed by atoms with van der Waals surface area (Å²) >= 11 is 0. The van der Waals surface area contributed by atoms with Crippen LogP contribution in [0.2, 0.25) is 0 Å². The van der Waals surface area contributed by atoms with Gasteiger partial charge < -0.3 is 4.74 Å². The summed E-state index contributed by atoms with van der Waals surface area (Å²) < 4.78 is 18.7. The first-order chi connectivity index (χ1) is 7.81. The van der Waals surface area contributed by atoms with Gasteiger partial charge in [-0.25, -0.2) is 4.39 Å². The van der Waals surface area contributed by atoms with Crippen LogP contribution in [0.25, 0.3) is 0 Å². The highest BCUT2D eigenvalue weighted by atomic mass is 19.1. The lowest BCUT2D eigenvalue weighted by molar-refractivity contribution is 0.440. The summed E-state index contributed by atoms with van der Waals surface area (Å²) in [5.41, 5.74) is 0.170. The Bertz CT molecular complexity index is 531. The van der Waals surface area contributed by atoms with Crippen LogP contribution >= 0.6 is 0 Å². The quantitative estimate of drug-likeness (QED) is 0.765. The van der Waals surface area contributed by atoms with Gasteiger partial charge in [0.1, 0.15) is 11.8 Å². The molecule has 0 heterocycles. The first-order valence-corrected chi connectivity index (χ1v) is 4.64. The van der Waals surface area contributed by atoms with Crippen LogP contribution in [0.4, 0.5) is 4.39 Å². The van der Waals surface area contributed by atoms with Crippen molar-refractivity contribution in [1.29, 1.82) is 5.26 Å². The second kappa shape index (κ2) is 4.45. The molecule has 2 aromatic rings. The molecule has 2 nitrogen and oxygen atoms in total. The van der Waals surface area contributed by atoms with E-state index in [-0.39, 0.29) is 11.3 Å². The van der Waals surface area contributed by atoms with Crippen LogP contribution in [0.5, 0.6) is 11.5 Å². The van der Waals surface area contributed by atoms with Crippen molar-refractivity contribution >= 4 is 0 Å². The van der Waals surface area contributed by atoms with E-state index in [4.69, 9.17) is 10.00 Å². The Morgan fingerprint density at radius 3 is 2.81 bits per heavy atom. The first kappa shape index (κ1) is 10.2. The van der Waals surface area contributed by atoms with Gasteiger partial charge in [0, 0.05) is 0 Å². The fourth-order valence-corrected chi connectivity index (χ4v) is 1.26. The maximum atomic E-state index is 13.4. The number of ether oxygens (including phenoxy) is 1. The average Bonchev–Trinajstić information content (AvgIpc) is 2.33. The van der Waals surface area contributed by atoms with Crippen LogP contribution in [0, 0.1) is 23.2 Å². The standard InChI is InChI=1S/C13H7FNO/c14-12-8-4-5-10(9-15)13(12)16-11-6-2-1-3-7-11/h1-2,4-8H. The van der Waals surface area contributed by atoms with Crippen molar-refractivity contribution in [2.24, 2.45) is 0 Å². The third-order valence-corrected chi connectivity index (χ3v) is 1.99. The van der Waals surface area contributed by atoms with Crippen molar-refractivity contribution in [2.45, 2.75) is 0 Å². The van der Waals surface area contributed by atoms with Crippen LogP contribution in [0.3, 0.4) is 0 Å². The lowest BCUT2D eigenvalue weighted by Gasteiger charge is -2.07. The van der Waals surface area contributed by atoms with Crippen molar-refractivity contribution in [3.63, 3.8) is 0 Å². The van der Waals surface area contributed by atoms with E-state index in [1.807, 2.05) is 6.07 Å². The van der Waals surface area contributed by atoms with Gasteiger partial charge in [-0.1, -0.05) is 18.2 Å². The van der Waals surface area contributed by atoms with Gasteiger partial charge in [0.05, 0.1) is 5.56 Å². The van der Waals surface area contributed by atoms with Crippen LogP contribution < -0.4 is 4.74 Å². The van der Waals surface area contributed by atoms with Crippen LogP contribution in [0.1, 0.15) is 5.56 Å². The first-order valence-electron chi connectivity index (χ1n) is 4.64. The van der Waals surface area contributed by atoms with Crippen LogP contribution in [-0.2, 0) is 0 Å². The third kappa shape index (κ3) is 2.01. The lowest BCUT2D eigenvalue weighted by atomic mass is 10.2. The smallest absolute Gasteiger partial charge is 0.180 e. The molecule has 0 saturated carbocycles. The third-order valence-electron chi connectivity index (χ3n) is 1.99. The number of rotatable bonds is 2. The fourth-order valence-electron chi connectivity index (χ4n) is 1.26. The molecule has 0 fully saturated rings. The van der Waals surface area contributed by atoms with E-state index in [0.717, 1.165) is 0 Å². The van der Waals surface area contributed by atoms with Crippen molar-refractivity contribution in [3.8, 4) is 17.6 Å². The molecule has 1 radical (unpaired) electrons. The number of nitriles is 1. The SMILES string of the molecule is N#Cc1cccc(F)c1Oc1c[c]ccc1. The van der Waals surface area contributed by atoms with Crippen molar-refractivity contribution in [3.05, 3.63) is 59.9 Å². The molecular formula is C13H7FNO. The highest BCUT2D eigenvalue weighted by molar-refractivity contribution is 5.45. The van der Waals surface area contributed by atoms with Gasteiger partial charge in [-0.05, 0) is 30.3 Å². The highest BCUT2D eigenvalue weighted by Gasteiger charge is 2.10. The summed E-state index contributed by atoms with van der Waals surface area (Å²) in [5.74, 6) is -0.156. The lowest BCUT2D eigenvalue weighted by Crippen LogP contribution is -1.91. The monoisotopic (exact) mass is 212 g/mol. The molecule has 2 aromatic carbocycles. The molecule has 0 unspecified atom stereocenters. The van der Waals surface area contributed by atoms with Gasteiger partial charge in [-0.3, -0.25) is 0 Å². The summed E-state index contributed by atoms with van der Waals surface area (Å²) in [4.78, 5) is 0. The maximum absolute atomic E-state index is 13.4. The summed E-state index contributed by atoms with van der Waals surface area (Å²) in [5, 5.41) is 8.82. The van der Waals surface area contributed by atoms with E-state index in [2.05, 4.69) is 6.07 Å². The molecule has 0 spiro atoms. The van der Waals surface area contributed by atoms with Crippen molar-refractivity contribution in [2.75, 3.05) is 0 Å². The fraction of sp³-hybridized carbons (Fsp3) is 0. The molecule has 0 aliphatic rings. The van der Waals surface area contributed by atoms with E-state index in [1.165, 1.54) is 18.2 Å². The van der Waals surface area contributed by atoms with Gasteiger partial charge >= 0.3 is 0 Å². The molecule has 0 N–H and O–H groups in total. The molecule has 3 heteroatoms. The number of benzene rings is 2. The zero-order valence-corrected chi connectivity index (χ0v) is 8.27. The van der Waals surface area contributed by atoms with E-state index < -0.39 is 5.82 Å². The Morgan fingerprint density at radius 2 is 2.12 bits per heavy atom. The molecular weight excluding hydrogens is 205 g/mol. The number of halogens is 1. The van der Waals surface area contributed by atoms with Crippen molar-refractivity contribution in [1.82, 2.24) is 0 Å². The van der Waals surface area contributed by atoms with Crippen LogP contribution in [0.15, 0.2) is 42.5 Å². The average molecular weight is 212 g/mol. The van der Waals surface area contributed by atoms with Gasteiger partial charge in [0.15, 0.2) is 11.6 Å². The molecule has 0 bridgehead atoms. The zero-order valence-electron chi connectivity index (χ0n) is 8.27. The summed E-state index contributed by atoms with van der Waals surface area (Å²) in [6.45, 7) is 0. The molecule has 0 atom stereocenters. The molecule has 77 valence electrons. The van der Waals surface area contributed by atoms with Gasteiger partial charge in [0.25, 0.3) is 0 Å². The minimum Gasteiger partial charge on any atom is -0.453 e. The molecule has 0 amide bonds. The second-order valence-corrected chi connectivity index (χ2v) is 3.07. The molecule has 0 aliphatic carbocycles. The number of para-hydroxylation sites is 1. The predicted molar refractivity (Wildman–Crippen MR) is 56.5 cm³/mol. The Hall–Kier alpha value is -2.34. The Morgan fingerprint density at radius 1 is 1.25 bits per heavy atom. The normalized spacial score (nSPS) is 9.50. The Labute approximate surface area is 92.5 Å². The van der Waals surface area contributed by atoms with Crippen LogP contribution in [-0.4, -0.2) is 0 Å². The molecule has 0 aromatic heterocycles. The maximum Gasteiger partial charge on any atom is 0.180 e. The number of hydrogen-bond acceptors (Lipinski definition) is 2. The summed E-state index contributed by atoms with van der Waals surface area (Å²) in [6.07, 6.45) is 0. The second-order valence-electron chi connectivity index (χ2n) is 3.07. The molecule has 2 rings (SSSR count).